The van der Waals surface area contributed by atoms with Gasteiger partial charge in [0.05, 0.1) is 33.9 Å². The summed E-state index contributed by atoms with van der Waals surface area (Å²) in [6.45, 7) is 0. The van der Waals surface area contributed by atoms with Crippen molar-refractivity contribution < 1.29 is 0 Å². The van der Waals surface area contributed by atoms with E-state index in [1.165, 1.54) is 0 Å². The summed E-state index contributed by atoms with van der Waals surface area (Å²) in [5.74, 6) is 0. The normalized spacial score (nSPS) is 18.4. The van der Waals surface area contributed by atoms with Crippen LogP contribution in [0, 0.1) is 16.2 Å². The van der Waals surface area contributed by atoms with E-state index in [1.54, 1.807) is 0 Å². The fourth-order valence-electron chi connectivity index (χ4n) is 3.28. The molecule has 3 heterocycles. The van der Waals surface area contributed by atoms with Crippen molar-refractivity contribution in [2.24, 2.45) is 0 Å². The number of allylic oxidation sites excluding steroid dienone is 12. The van der Waals surface area contributed by atoms with Crippen LogP contribution in [0.2, 0.25) is 0 Å². The fourth-order valence-corrected chi connectivity index (χ4v) is 3.28. The molecule has 4 rings (SSSR count). The van der Waals surface area contributed by atoms with Crippen LogP contribution < -0.4 is 0 Å². The van der Waals surface area contributed by atoms with Gasteiger partial charge in [-0.3, -0.25) is 16.2 Å². The Morgan fingerprint density at radius 2 is 0.639 bits per heavy atom. The van der Waals surface area contributed by atoms with Gasteiger partial charge in [-0.05, 0) is 36.5 Å². The Bertz CT molecular complexity index is 1310. The molecule has 0 spiro atoms. The summed E-state index contributed by atoms with van der Waals surface area (Å²) in [6, 6.07) is 0. The molecule has 0 aromatic rings. The summed E-state index contributed by atoms with van der Waals surface area (Å²) >= 11 is 0. The van der Waals surface area contributed by atoms with Gasteiger partial charge in [0, 0.05) is 75.1 Å². The predicted molar refractivity (Wildman–Crippen MR) is 143 cm³/mol. The molecule has 6 heteroatoms. The lowest BCUT2D eigenvalue weighted by Gasteiger charge is -2.19. The zero-order chi connectivity index (χ0) is 25.7. The molecule has 0 aromatic carbocycles. The topological polar surface area (TPSA) is 81.3 Å². The first-order valence-electron chi connectivity index (χ1n) is 11.1. The van der Waals surface area contributed by atoms with E-state index in [2.05, 4.69) is 34.4 Å². The van der Waals surface area contributed by atoms with Crippen molar-refractivity contribution in [2.75, 3.05) is 21.1 Å². The van der Waals surface area contributed by atoms with Crippen LogP contribution in [0.4, 0.5) is 0 Å². The van der Waals surface area contributed by atoms with Crippen molar-refractivity contribution >= 4 is 17.1 Å². The molecule has 1 fully saturated rings. The first-order valence-corrected chi connectivity index (χ1v) is 11.1. The van der Waals surface area contributed by atoms with Crippen molar-refractivity contribution in [1.29, 1.82) is 16.2 Å². The molecule has 0 saturated heterocycles. The van der Waals surface area contributed by atoms with Crippen LogP contribution in [0.5, 0.6) is 0 Å². The summed E-state index contributed by atoms with van der Waals surface area (Å²) in [7, 11) is 5.76. The third-order valence-electron chi connectivity index (χ3n) is 5.43. The van der Waals surface area contributed by atoms with Gasteiger partial charge < -0.3 is 14.7 Å². The van der Waals surface area contributed by atoms with Crippen LogP contribution in [0.25, 0.3) is 0 Å². The van der Waals surface area contributed by atoms with Crippen LogP contribution in [0.15, 0.2) is 141 Å². The number of hydrogen-bond acceptors (Lipinski definition) is 6. The zero-order valence-electron chi connectivity index (χ0n) is 20.3. The summed E-state index contributed by atoms with van der Waals surface area (Å²) in [4.78, 5) is 5.71. The summed E-state index contributed by atoms with van der Waals surface area (Å²) < 4.78 is 0. The quantitative estimate of drug-likeness (QED) is 0.447. The number of nitrogens with zero attached hydrogens (tertiary/aromatic N) is 3. The Morgan fingerprint density at radius 1 is 0.417 bits per heavy atom. The smallest absolute Gasteiger partial charge is 0.0897 e. The van der Waals surface area contributed by atoms with Crippen molar-refractivity contribution in [1.82, 2.24) is 14.7 Å². The van der Waals surface area contributed by atoms with E-state index in [1.807, 2.05) is 109 Å². The second kappa shape index (κ2) is 10.3. The maximum atomic E-state index is 8.74. The molecule has 3 aliphatic heterocycles. The highest BCUT2D eigenvalue weighted by Gasteiger charge is 2.31. The van der Waals surface area contributed by atoms with E-state index >= 15 is 0 Å². The monoisotopic (exact) mass is 468 g/mol. The van der Waals surface area contributed by atoms with E-state index in [0.717, 1.165) is 16.7 Å². The standard InChI is InChI=1S/C30H24N6/c1-34-16-10-22(11-17-34)4-7-25-28(31)26(8-5-23-12-18-35(2)19-13-23)30(33)27(29(25)32)9-6-24-14-20-36(3)21-15-24/h10-21,31-33H,1-3H3. The van der Waals surface area contributed by atoms with Crippen molar-refractivity contribution in [3.63, 3.8) is 0 Å². The molecule has 1 saturated carbocycles. The average molecular weight is 469 g/mol. The number of hydrogen-bond donors (Lipinski definition) is 3. The molecule has 0 unspecified atom stereocenters. The van der Waals surface area contributed by atoms with E-state index in [9.17, 15) is 0 Å². The van der Waals surface area contributed by atoms with Crippen LogP contribution in [0.1, 0.15) is 0 Å². The van der Waals surface area contributed by atoms with Crippen molar-refractivity contribution in [3.05, 3.63) is 141 Å². The number of nitrogens with one attached hydrogen (secondary N) is 3. The summed E-state index contributed by atoms with van der Waals surface area (Å²) in [5, 5.41) is 26.2. The second-order valence-corrected chi connectivity index (χ2v) is 8.26. The SMILES string of the molecule is CN1C=CC(=C=C=C2C(=N)C(=C=C=C3C=CN(C)C=C3)C(=N)C(=C=C=C3C=CN(C)C=C3)C2=N)C=C1. The largest absolute Gasteiger partial charge is 0.357 e. The lowest BCUT2D eigenvalue weighted by Crippen LogP contribution is -2.29. The maximum Gasteiger partial charge on any atom is 0.0897 e. The minimum atomic E-state index is -0.0368. The lowest BCUT2D eigenvalue weighted by molar-refractivity contribution is 0.620. The van der Waals surface area contributed by atoms with Gasteiger partial charge in [0.2, 0.25) is 0 Å². The predicted octanol–water partition coefficient (Wildman–Crippen LogP) is 4.80. The van der Waals surface area contributed by atoms with Gasteiger partial charge in [0.15, 0.2) is 0 Å². The highest BCUT2D eigenvalue weighted by atomic mass is 15.1. The van der Waals surface area contributed by atoms with Gasteiger partial charge >= 0.3 is 0 Å². The third kappa shape index (κ3) is 5.45. The minimum absolute atomic E-state index is 0.0368. The molecule has 36 heavy (non-hydrogen) atoms. The van der Waals surface area contributed by atoms with Gasteiger partial charge in [0.25, 0.3) is 0 Å². The van der Waals surface area contributed by atoms with Crippen molar-refractivity contribution in [2.45, 2.75) is 0 Å². The number of rotatable bonds is 0. The van der Waals surface area contributed by atoms with Gasteiger partial charge in [-0.2, -0.15) is 0 Å². The summed E-state index contributed by atoms with van der Waals surface area (Å²) in [5.41, 5.74) is 20.8. The Balaban J connectivity index is 1.93. The van der Waals surface area contributed by atoms with Gasteiger partial charge in [0.1, 0.15) is 0 Å². The molecular weight excluding hydrogens is 444 g/mol. The third-order valence-corrected chi connectivity index (χ3v) is 5.43. The molecule has 174 valence electrons. The molecule has 1 aliphatic carbocycles. The van der Waals surface area contributed by atoms with Crippen LogP contribution >= 0.6 is 0 Å². The van der Waals surface area contributed by atoms with E-state index in [-0.39, 0.29) is 33.9 Å². The Morgan fingerprint density at radius 3 is 0.861 bits per heavy atom. The maximum absolute atomic E-state index is 8.74. The van der Waals surface area contributed by atoms with E-state index in [4.69, 9.17) is 16.2 Å². The van der Waals surface area contributed by atoms with Gasteiger partial charge in [-0.25, -0.2) is 0 Å². The molecule has 6 nitrogen and oxygen atoms in total. The lowest BCUT2D eigenvalue weighted by atomic mass is 9.82. The van der Waals surface area contributed by atoms with Crippen molar-refractivity contribution in [3.8, 4) is 0 Å². The highest BCUT2D eigenvalue weighted by Crippen LogP contribution is 2.23. The summed E-state index contributed by atoms with van der Waals surface area (Å²) in [6.07, 6.45) is 22.5. The average Bonchev–Trinajstić information content (AvgIpc) is 2.87. The van der Waals surface area contributed by atoms with Crippen LogP contribution in [0.3, 0.4) is 0 Å². The molecule has 3 N–H and O–H groups in total. The van der Waals surface area contributed by atoms with Gasteiger partial charge in [-0.15, -0.1) is 0 Å². The molecule has 0 radical (unpaired) electrons. The molecular formula is C30H24N6. The molecule has 0 aromatic heterocycles. The van der Waals surface area contributed by atoms with Crippen LogP contribution in [-0.2, 0) is 0 Å². The van der Waals surface area contributed by atoms with E-state index in [0.29, 0.717) is 0 Å². The zero-order valence-corrected chi connectivity index (χ0v) is 20.3. The molecule has 4 aliphatic rings. The van der Waals surface area contributed by atoms with Crippen LogP contribution in [-0.4, -0.2) is 53.0 Å². The van der Waals surface area contributed by atoms with E-state index < -0.39 is 0 Å². The first-order chi connectivity index (χ1) is 17.3. The molecule has 0 atom stereocenters. The Hall–Kier alpha value is -5.25. The first kappa shape index (κ1) is 23.9. The van der Waals surface area contributed by atoms with Gasteiger partial charge in [-0.1, -0.05) is 34.4 Å². The molecule has 0 bridgehead atoms. The highest BCUT2D eigenvalue weighted by molar-refractivity contribution is 6.53. The Kier molecular flexibility index (Phi) is 6.87. The minimum Gasteiger partial charge on any atom is -0.357 e. The second-order valence-electron chi connectivity index (χ2n) is 8.26. The molecule has 0 amide bonds. The fraction of sp³-hybridized carbons (Fsp3) is 0.100. The Labute approximate surface area is 210 Å².